The number of hydrogen-bond acceptors (Lipinski definition) is 3. The Bertz CT molecular complexity index is 1070. The number of Topliss-reactive ketones (excluding diaryl/α,β-unsaturated/α-hetero) is 1. The molecule has 1 radical (unpaired) electrons. The van der Waals surface area contributed by atoms with Crippen LogP contribution in [-0.4, -0.2) is 15.9 Å². The van der Waals surface area contributed by atoms with E-state index < -0.39 is 0 Å². The molecule has 1 N–H and O–H groups in total. The van der Waals surface area contributed by atoms with Crippen LogP contribution >= 0.6 is 0 Å². The zero-order chi connectivity index (χ0) is 20.2. The second-order valence-corrected chi connectivity index (χ2v) is 7.96. The van der Waals surface area contributed by atoms with Gasteiger partial charge in [-0.3, -0.25) is 4.79 Å². The van der Waals surface area contributed by atoms with Crippen LogP contribution in [0, 0.1) is 18.9 Å². The summed E-state index contributed by atoms with van der Waals surface area (Å²) in [6.07, 6.45) is 7.55. The van der Waals surface area contributed by atoms with Crippen molar-refractivity contribution in [2.24, 2.45) is 5.92 Å². The molecule has 157 valence electrons. The van der Waals surface area contributed by atoms with Gasteiger partial charge in [0, 0.05) is 44.7 Å². The van der Waals surface area contributed by atoms with Gasteiger partial charge in [-0.25, -0.2) is 0 Å². The minimum Gasteiger partial charge on any atom is -0.512 e. The molecule has 0 bridgehead atoms. The van der Waals surface area contributed by atoms with Crippen LogP contribution in [0.15, 0.2) is 66.1 Å². The van der Waals surface area contributed by atoms with E-state index in [0.717, 1.165) is 48.9 Å². The second kappa shape index (κ2) is 10.1. The molecule has 1 fully saturated rings. The maximum absolute atomic E-state index is 11.4. The predicted molar refractivity (Wildman–Crippen MR) is 117 cm³/mol. The number of rotatable bonds is 1. The first-order chi connectivity index (χ1) is 14.1. The molecule has 5 rings (SSSR count). The number of aliphatic hydroxyl groups is 1. The maximum atomic E-state index is 11.4. The topological polar surface area (TPSA) is 50.2 Å². The molecule has 2 aliphatic carbocycles. The number of nitrogens with zero attached hydrogens (tertiary/aromatic N) is 1. The zero-order valence-corrected chi connectivity index (χ0v) is 19.5. The number of carbonyl (C=O) groups excluding carboxylic acids is 1. The van der Waals surface area contributed by atoms with Crippen molar-refractivity contribution < 1.29 is 30.0 Å². The summed E-state index contributed by atoms with van der Waals surface area (Å²) in [5.41, 5.74) is 4.03. The van der Waals surface area contributed by atoms with E-state index in [-0.39, 0.29) is 25.9 Å². The fraction of sp³-hybridized carbons (Fsp3) is 0.308. The summed E-state index contributed by atoms with van der Waals surface area (Å²) in [5, 5.41) is 11.9. The number of pyridine rings is 1. The second-order valence-electron chi connectivity index (χ2n) is 7.96. The van der Waals surface area contributed by atoms with Crippen LogP contribution in [0.5, 0.6) is 0 Å². The molecule has 4 heteroatoms. The molecule has 3 aromatic rings. The summed E-state index contributed by atoms with van der Waals surface area (Å²) in [7, 11) is 0. The molecule has 0 aliphatic heterocycles. The van der Waals surface area contributed by atoms with Crippen molar-refractivity contribution in [1.29, 1.82) is 0 Å². The molecule has 0 amide bonds. The van der Waals surface area contributed by atoms with E-state index in [9.17, 15) is 9.90 Å². The average molecular weight is 577 g/mol. The van der Waals surface area contributed by atoms with E-state index in [2.05, 4.69) is 42.2 Å². The molecule has 2 aromatic carbocycles. The van der Waals surface area contributed by atoms with Crippen molar-refractivity contribution in [3.05, 3.63) is 77.7 Å². The summed E-state index contributed by atoms with van der Waals surface area (Å²) in [4.78, 5) is 15.9. The Labute approximate surface area is 191 Å². The van der Waals surface area contributed by atoms with Crippen molar-refractivity contribution in [2.75, 3.05) is 0 Å². The fourth-order valence-corrected chi connectivity index (χ4v) is 4.31. The van der Waals surface area contributed by atoms with E-state index in [1.54, 1.807) is 0 Å². The van der Waals surface area contributed by atoms with Crippen molar-refractivity contribution in [3.8, 4) is 11.3 Å². The third-order valence-electron chi connectivity index (χ3n) is 5.81. The van der Waals surface area contributed by atoms with Crippen molar-refractivity contribution in [2.45, 2.75) is 45.4 Å². The van der Waals surface area contributed by atoms with Gasteiger partial charge >= 0.3 is 0 Å². The third-order valence-corrected chi connectivity index (χ3v) is 5.81. The number of carbonyl (C=O) groups is 1. The van der Waals surface area contributed by atoms with Crippen LogP contribution in [0.4, 0.5) is 0 Å². The van der Waals surface area contributed by atoms with Crippen LogP contribution in [0.3, 0.4) is 0 Å². The number of hydrogen-bond donors (Lipinski definition) is 1. The smallest absolute Gasteiger partial charge is 0.162 e. The largest absolute Gasteiger partial charge is 0.512 e. The normalized spacial score (nSPS) is 18.2. The first kappa shape index (κ1) is 22.4. The van der Waals surface area contributed by atoms with E-state index in [1.165, 1.54) is 16.3 Å². The molecule has 1 atom stereocenters. The minimum atomic E-state index is 0. The number of fused-ring (bicyclic) bond motifs is 2. The Morgan fingerprint density at radius 1 is 1.03 bits per heavy atom. The van der Waals surface area contributed by atoms with Gasteiger partial charge in [0.25, 0.3) is 0 Å². The predicted octanol–water partition coefficient (Wildman–Crippen LogP) is 6.36. The molecular weight excluding hydrogens is 551 g/mol. The number of aliphatic hydroxyl groups excluding tert-OH is 1. The molecule has 1 unspecified atom stereocenters. The molecule has 2 aliphatic rings. The van der Waals surface area contributed by atoms with E-state index in [1.807, 2.05) is 30.5 Å². The van der Waals surface area contributed by atoms with Crippen molar-refractivity contribution >= 4 is 16.6 Å². The summed E-state index contributed by atoms with van der Waals surface area (Å²) >= 11 is 0. The summed E-state index contributed by atoms with van der Waals surface area (Å²) < 4.78 is 0. The molecule has 0 spiro atoms. The number of ketones is 1. The molecule has 1 heterocycles. The minimum absolute atomic E-state index is 0. The first-order valence-electron chi connectivity index (χ1n) is 10.4. The van der Waals surface area contributed by atoms with Gasteiger partial charge in [0.1, 0.15) is 0 Å². The molecular formula is C26H26IrNO2-. The van der Waals surface area contributed by atoms with Gasteiger partial charge in [-0.2, -0.15) is 0 Å². The van der Waals surface area contributed by atoms with Crippen LogP contribution in [0.2, 0.25) is 0 Å². The van der Waals surface area contributed by atoms with Gasteiger partial charge in [0.15, 0.2) is 5.78 Å². The van der Waals surface area contributed by atoms with E-state index >= 15 is 0 Å². The summed E-state index contributed by atoms with van der Waals surface area (Å²) in [5.74, 6) is 0.972. The van der Waals surface area contributed by atoms with Gasteiger partial charge in [-0.15, -0.1) is 35.4 Å². The van der Waals surface area contributed by atoms with E-state index in [0.29, 0.717) is 18.1 Å². The number of allylic oxidation sites excluding steroid dienone is 2. The number of aryl methyl sites for hydroxylation is 1. The molecule has 1 saturated carbocycles. The summed E-state index contributed by atoms with van der Waals surface area (Å²) in [6, 6.07) is 19.7. The van der Waals surface area contributed by atoms with Gasteiger partial charge in [-0.05, 0) is 48.1 Å². The van der Waals surface area contributed by atoms with Crippen LogP contribution in [-0.2, 0) is 24.9 Å². The summed E-state index contributed by atoms with van der Waals surface area (Å²) in [6.45, 7) is 2.08. The SMILES string of the molecule is Cc1cc[c-]c(-c2cc3ccccc3cn2)c1.O=C1CCCC2CCCC(O)=C12.[Ir]. The molecule has 0 saturated heterocycles. The van der Waals surface area contributed by atoms with Crippen molar-refractivity contribution in [1.82, 2.24) is 4.98 Å². The Balaban J connectivity index is 0.000000175. The van der Waals surface area contributed by atoms with Gasteiger partial charge in [0.05, 0.1) is 5.76 Å². The van der Waals surface area contributed by atoms with Crippen molar-refractivity contribution in [3.63, 3.8) is 0 Å². The Morgan fingerprint density at radius 2 is 1.77 bits per heavy atom. The van der Waals surface area contributed by atoms with Crippen LogP contribution in [0.25, 0.3) is 22.0 Å². The Hall–Kier alpha value is -2.29. The quantitative estimate of drug-likeness (QED) is 0.343. The van der Waals surface area contributed by atoms with Gasteiger partial charge in [0.2, 0.25) is 0 Å². The number of aromatic nitrogens is 1. The number of benzene rings is 2. The van der Waals surface area contributed by atoms with Gasteiger partial charge < -0.3 is 10.1 Å². The van der Waals surface area contributed by atoms with Crippen LogP contribution < -0.4 is 0 Å². The maximum Gasteiger partial charge on any atom is 0.162 e. The zero-order valence-electron chi connectivity index (χ0n) is 17.2. The fourth-order valence-electron chi connectivity index (χ4n) is 4.31. The molecule has 3 nitrogen and oxygen atoms in total. The average Bonchev–Trinajstić information content (AvgIpc) is 2.74. The first-order valence-corrected chi connectivity index (χ1v) is 10.4. The van der Waals surface area contributed by atoms with Gasteiger partial charge in [-0.1, -0.05) is 37.3 Å². The standard InChI is InChI=1S/C16H12N.C10H14O2.Ir/c1-12-5-4-8-14(9-12)16-10-13-6-2-3-7-15(13)11-17-16;11-8-5-1-3-7-4-2-6-9(12)10(7)8;/h2-7,9-11H,1H3;7,11H,1-6H2;/q-1;;. The van der Waals surface area contributed by atoms with E-state index in [4.69, 9.17) is 0 Å². The van der Waals surface area contributed by atoms with Crippen LogP contribution in [0.1, 0.15) is 44.1 Å². The monoisotopic (exact) mass is 577 g/mol. The molecule has 30 heavy (non-hydrogen) atoms. The molecule has 1 aromatic heterocycles. The Kier molecular flexibility index (Phi) is 7.58. The third kappa shape index (κ3) is 5.06. The Morgan fingerprint density at radius 3 is 2.50 bits per heavy atom.